The molecule has 1 nitrogen and oxygen atoms in total. The molecule has 172 valence electrons. The lowest BCUT2D eigenvalue weighted by molar-refractivity contribution is -0.551. The van der Waals surface area contributed by atoms with Crippen LogP contribution in [0.4, 0.5) is 79.0 Å². The van der Waals surface area contributed by atoms with Crippen LogP contribution in [0.5, 0.6) is 0 Å². The molecule has 0 aliphatic carbocycles. The zero-order chi connectivity index (χ0) is 23.7. The third-order valence-corrected chi connectivity index (χ3v) is 4.40. The molecule has 0 saturated carbocycles. The van der Waals surface area contributed by atoms with E-state index in [9.17, 15) is 79.0 Å². The molecule has 0 spiro atoms. The average molecular weight is 477 g/mol. The van der Waals surface area contributed by atoms with Crippen molar-refractivity contribution in [2.75, 3.05) is 0 Å². The van der Waals surface area contributed by atoms with E-state index in [1.165, 1.54) is 0 Å². The van der Waals surface area contributed by atoms with Crippen molar-refractivity contribution >= 4 is 0 Å². The van der Waals surface area contributed by atoms with E-state index in [1.807, 2.05) is 0 Å². The summed E-state index contributed by atoms with van der Waals surface area (Å²) in [5.41, 5.74) is -8.19. The molecule has 0 aromatic heterocycles. The van der Waals surface area contributed by atoms with Crippen LogP contribution in [-0.2, 0) is 0 Å². The van der Waals surface area contributed by atoms with Crippen molar-refractivity contribution in [1.82, 2.24) is 4.90 Å². The topological polar surface area (TPSA) is 3.24 Å². The second kappa shape index (κ2) is 5.12. The van der Waals surface area contributed by atoms with E-state index in [2.05, 4.69) is 0 Å². The highest BCUT2D eigenvalue weighted by molar-refractivity contribution is 5.29. The van der Waals surface area contributed by atoms with E-state index in [0.29, 0.717) is 0 Å². The maximum atomic E-state index is 13.8. The molecule has 0 radical (unpaired) electrons. The molecule has 2 heterocycles. The third kappa shape index (κ3) is 2.02. The van der Waals surface area contributed by atoms with Gasteiger partial charge in [-0.25, -0.2) is 4.39 Å². The largest absolute Gasteiger partial charge is 0.436 e. The number of nitrogens with zero attached hydrogens (tertiary/aromatic N) is 1. The molecule has 2 rings (SSSR count). The van der Waals surface area contributed by atoms with E-state index in [0.717, 1.165) is 0 Å². The van der Waals surface area contributed by atoms with Gasteiger partial charge in [-0.15, -0.1) is 0 Å². The van der Waals surface area contributed by atoms with Gasteiger partial charge in [0.1, 0.15) is 0 Å². The third-order valence-electron chi connectivity index (χ3n) is 4.40. The van der Waals surface area contributed by atoms with Crippen LogP contribution in [0.1, 0.15) is 0 Å². The van der Waals surface area contributed by atoms with Crippen LogP contribution in [0.15, 0.2) is 0 Å². The smallest absolute Gasteiger partial charge is 0.218 e. The Balaban J connectivity index is 3.08. The molecule has 2 aliphatic heterocycles. The van der Waals surface area contributed by atoms with Crippen LogP contribution >= 0.6 is 0 Å². The molecular formula is C10HF18N. The van der Waals surface area contributed by atoms with Crippen LogP contribution in [0, 0.1) is 0 Å². The molecule has 2 aliphatic rings. The standard InChI is InChI=1S/C10HF18N/c11-2(12)1-3(13,14)6(18,19)7(20,21)10(27,28)29(1)9(25,26)4(15,5(2,16)17)8(22,23)24/h1H. The summed E-state index contributed by atoms with van der Waals surface area (Å²) in [6, 6.07) is -22.2. The van der Waals surface area contributed by atoms with E-state index in [1.54, 1.807) is 0 Å². The highest BCUT2D eigenvalue weighted by Gasteiger charge is 3.04. The van der Waals surface area contributed by atoms with Gasteiger partial charge in [0.05, 0.1) is 0 Å². The summed E-state index contributed by atoms with van der Waals surface area (Å²) in [6.07, 6.45) is -7.98. The van der Waals surface area contributed by atoms with Gasteiger partial charge in [0.25, 0.3) is 0 Å². The van der Waals surface area contributed by atoms with Gasteiger partial charge in [-0.05, 0) is 0 Å². The van der Waals surface area contributed by atoms with Gasteiger partial charge >= 0.3 is 53.6 Å². The van der Waals surface area contributed by atoms with Crippen molar-refractivity contribution in [3.8, 4) is 0 Å². The van der Waals surface area contributed by atoms with Gasteiger partial charge in [0, 0.05) is 0 Å². The summed E-state index contributed by atoms with van der Waals surface area (Å²) in [5, 5.41) is 0. The van der Waals surface area contributed by atoms with E-state index in [-0.39, 0.29) is 0 Å². The van der Waals surface area contributed by atoms with Crippen LogP contribution in [0.2, 0.25) is 0 Å². The van der Waals surface area contributed by atoms with Gasteiger partial charge < -0.3 is 0 Å². The Hall–Kier alpha value is -1.30. The van der Waals surface area contributed by atoms with Gasteiger partial charge in [-0.3, -0.25) is 0 Å². The fraction of sp³-hybridized carbons (Fsp3) is 1.00. The first kappa shape index (κ1) is 24.0. The normalized spacial score (nSPS) is 38.9. The Labute approximate surface area is 145 Å². The molecule has 2 atom stereocenters. The molecule has 0 aromatic carbocycles. The van der Waals surface area contributed by atoms with Crippen molar-refractivity contribution in [3.63, 3.8) is 0 Å². The first-order chi connectivity index (χ1) is 12.2. The number of fused-ring (bicyclic) bond motifs is 1. The summed E-state index contributed by atoms with van der Waals surface area (Å²) in [7, 11) is 0. The zero-order valence-electron chi connectivity index (χ0n) is 12.3. The van der Waals surface area contributed by atoms with Crippen molar-refractivity contribution in [1.29, 1.82) is 0 Å². The van der Waals surface area contributed by atoms with Crippen LogP contribution in [0.3, 0.4) is 0 Å². The summed E-state index contributed by atoms with van der Waals surface area (Å²) < 4.78 is 240. The van der Waals surface area contributed by atoms with E-state index >= 15 is 0 Å². The minimum Gasteiger partial charge on any atom is -0.218 e. The average Bonchev–Trinajstić information content (AvgIpc) is 2.46. The van der Waals surface area contributed by atoms with Crippen molar-refractivity contribution in [2.45, 2.75) is 59.6 Å². The quantitative estimate of drug-likeness (QED) is 0.338. The predicted molar refractivity (Wildman–Crippen MR) is 50.1 cm³/mol. The van der Waals surface area contributed by atoms with Gasteiger partial charge in [0.2, 0.25) is 0 Å². The molecule has 0 amide bonds. The minimum atomic E-state index is -8.19. The fourth-order valence-corrected chi connectivity index (χ4v) is 2.88. The molecular weight excluding hydrogens is 476 g/mol. The molecule has 2 fully saturated rings. The van der Waals surface area contributed by atoms with Crippen molar-refractivity contribution in [3.05, 3.63) is 0 Å². The van der Waals surface area contributed by atoms with E-state index < -0.39 is 64.5 Å². The Morgan fingerprint density at radius 3 is 1.17 bits per heavy atom. The number of alkyl halides is 18. The number of hydrogen-bond acceptors (Lipinski definition) is 1. The maximum Gasteiger partial charge on any atom is 0.436 e. The maximum absolute atomic E-state index is 13.8. The molecule has 0 N–H and O–H groups in total. The van der Waals surface area contributed by atoms with Gasteiger partial charge in [-0.1, -0.05) is 0 Å². The van der Waals surface area contributed by atoms with Gasteiger partial charge in [0.15, 0.2) is 6.04 Å². The number of hydrogen-bond donors (Lipinski definition) is 0. The Kier molecular flexibility index (Phi) is 4.23. The number of piperidine rings is 2. The Morgan fingerprint density at radius 1 is 0.483 bits per heavy atom. The van der Waals surface area contributed by atoms with Crippen LogP contribution in [-0.4, -0.2) is 64.5 Å². The lowest BCUT2D eigenvalue weighted by atomic mass is 9.73. The van der Waals surface area contributed by atoms with E-state index in [4.69, 9.17) is 0 Å². The molecule has 0 aromatic rings. The lowest BCUT2D eigenvalue weighted by Crippen LogP contribution is -2.93. The zero-order valence-corrected chi connectivity index (χ0v) is 12.3. The first-order valence-electron chi connectivity index (χ1n) is 6.43. The summed E-state index contributed by atoms with van der Waals surface area (Å²) in [6.45, 7) is 0. The highest BCUT2D eigenvalue weighted by atomic mass is 19.4. The molecule has 2 unspecified atom stereocenters. The van der Waals surface area contributed by atoms with Crippen LogP contribution < -0.4 is 0 Å². The summed E-state index contributed by atoms with van der Waals surface area (Å²) in [4.78, 5) is -3.96. The lowest BCUT2D eigenvalue weighted by Gasteiger charge is -2.61. The van der Waals surface area contributed by atoms with Crippen LogP contribution in [0.25, 0.3) is 0 Å². The summed E-state index contributed by atoms with van der Waals surface area (Å²) >= 11 is 0. The molecule has 0 bridgehead atoms. The number of rotatable bonds is 0. The second-order valence-electron chi connectivity index (χ2n) is 5.98. The monoisotopic (exact) mass is 477 g/mol. The van der Waals surface area contributed by atoms with Crippen molar-refractivity contribution in [2.24, 2.45) is 0 Å². The fourth-order valence-electron chi connectivity index (χ4n) is 2.88. The minimum absolute atomic E-state index is 3.96. The SMILES string of the molecule is FC(F)(F)C1(F)C(F)(F)N2C(C(F)(F)C(F)(F)C(F)(F)C2(F)F)C(F)(F)C1(F)F. The van der Waals surface area contributed by atoms with Crippen molar-refractivity contribution < 1.29 is 79.0 Å². The second-order valence-corrected chi connectivity index (χ2v) is 5.98. The predicted octanol–water partition coefficient (Wildman–Crippen LogP) is 5.32. The number of halogens is 18. The highest BCUT2D eigenvalue weighted by Crippen LogP contribution is 2.73. The molecule has 2 saturated heterocycles. The van der Waals surface area contributed by atoms with Gasteiger partial charge in [-0.2, -0.15) is 79.5 Å². The molecule has 19 heteroatoms. The summed E-state index contributed by atoms with van der Waals surface area (Å²) in [5.74, 6) is -39.2. The first-order valence-corrected chi connectivity index (χ1v) is 6.43. The Morgan fingerprint density at radius 2 is 0.828 bits per heavy atom. The molecule has 29 heavy (non-hydrogen) atoms. The Bertz CT molecular complexity index is 704.